The Morgan fingerprint density at radius 2 is 1.71 bits per heavy atom. The number of morpholine rings is 1. The molecule has 1 aliphatic heterocycles. The lowest BCUT2D eigenvalue weighted by molar-refractivity contribution is -0.141. The van der Waals surface area contributed by atoms with E-state index in [1.807, 2.05) is 12.1 Å². The van der Waals surface area contributed by atoms with Crippen LogP contribution in [0.4, 0.5) is 18.9 Å². The summed E-state index contributed by atoms with van der Waals surface area (Å²) in [4.78, 5) is 18.6. The molecular formula is C24H26F3N5O2. The average molecular weight is 473 g/mol. The molecule has 3 heterocycles. The number of benzene rings is 1. The monoisotopic (exact) mass is 473 g/mol. The van der Waals surface area contributed by atoms with E-state index in [0.29, 0.717) is 25.3 Å². The fraction of sp³-hybridized carbons (Fsp3) is 0.500. The van der Waals surface area contributed by atoms with E-state index in [1.54, 1.807) is 12.4 Å². The number of halogens is 3. The number of rotatable bonds is 5. The molecule has 1 saturated carbocycles. The maximum absolute atomic E-state index is 12.9. The van der Waals surface area contributed by atoms with Crippen molar-refractivity contribution in [1.29, 1.82) is 0 Å². The van der Waals surface area contributed by atoms with Gasteiger partial charge in [-0.2, -0.15) is 13.2 Å². The molecule has 3 aromatic rings. The first-order valence-electron chi connectivity index (χ1n) is 11.6. The zero-order valence-corrected chi connectivity index (χ0v) is 18.7. The SMILES string of the molecule is FC(F)(F)c1cc(CC2CCC(Oc3cc(N4CCOCC4)cc4nccnc34)CC2)ncn1. The predicted molar refractivity (Wildman–Crippen MR) is 120 cm³/mol. The van der Waals surface area contributed by atoms with Crippen molar-refractivity contribution in [3.8, 4) is 5.75 Å². The first kappa shape index (κ1) is 22.8. The second kappa shape index (κ2) is 9.69. The van der Waals surface area contributed by atoms with Crippen LogP contribution in [-0.4, -0.2) is 52.3 Å². The first-order chi connectivity index (χ1) is 16.5. The number of nitrogens with zero attached hydrogens (tertiary/aromatic N) is 5. The Hall–Kier alpha value is -3.01. The highest BCUT2D eigenvalue weighted by atomic mass is 19.4. The maximum atomic E-state index is 12.9. The minimum absolute atomic E-state index is 0.0255. The topological polar surface area (TPSA) is 73.3 Å². The Labute approximate surface area is 195 Å². The Bertz CT molecular complexity index is 1130. The Balaban J connectivity index is 1.25. The summed E-state index contributed by atoms with van der Waals surface area (Å²) >= 11 is 0. The Morgan fingerprint density at radius 3 is 2.47 bits per heavy atom. The standard InChI is InChI=1S/C24H26F3N5O2/c25-24(26,27)22-12-17(30-15-31-22)11-16-1-3-19(4-2-16)34-21-14-18(32-7-9-33-10-8-32)13-20-23(21)29-6-5-28-20/h5-6,12-16,19H,1-4,7-11H2. The molecule has 0 N–H and O–H groups in total. The van der Waals surface area contributed by atoms with Crippen molar-refractivity contribution < 1.29 is 22.6 Å². The lowest BCUT2D eigenvalue weighted by Gasteiger charge is -2.31. The minimum Gasteiger partial charge on any atom is -0.488 e. The molecule has 7 nitrogen and oxygen atoms in total. The van der Waals surface area contributed by atoms with Gasteiger partial charge in [0.15, 0.2) is 0 Å². The lowest BCUT2D eigenvalue weighted by atomic mass is 9.84. The molecule has 1 aromatic carbocycles. The van der Waals surface area contributed by atoms with Gasteiger partial charge in [0.25, 0.3) is 0 Å². The van der Waals surface area contributed by atoms with Crippen molar-refractivity contribution in [2.45, 2.75) is 44.4 Å². The highest BCUT2D eigenvalue weighted by Gasteiger charge is 2.33. The number of anilines is 1. The van der Waals surface area contributed by atoms with Crippen LogP contribution in [-0.2, 0) is 17.3 Å². The van der Waals surface area contributed by atoms with Gasteiger partial charge in [0.1, 0.15) is 23.3 Å². The van der Waals surface area contributed by atoms with Crippen LogP contribution in [0.2, 0.25) is 0 Å². The van der Waals surface area contributed by atoms with Gasteiger partial charge in [-0.3, -0.25) is 4.98 Å². The van der Waals surface area contributed by atoms with Gasteiger partial charge in [-0.15, -0.1) is 0 Å². The first-order valence-corrected chi connectivity index (χ1v) is 11.6. The Morgan fingerprint density at radius 1 is 0.941 bits per heavy atom. The summed E-state index contributed by atoms with van der Waals surface area (Å²) in [7, 11) is 0. The molecule has 5 rings (SSSR count). The zero-order chi connectivity index (χ0) is 23.5. The number of ether oxygens (including phenoxy) is 2. The van der Waals surface area contributed by atoms with Crippen molar-refractivity contribution >= 4 is 16.7 Å². The van der Waals surface area contributed by atoms with Crippen LogP contribution in [0.5, 0.6) is 5.75 Å². The van der Waals surface area contributed by atoms with Crippen molar-refractivity contribution in [2.75, 3.05) is 31.2 Å². The number of fused-ring (bicyclic) bond motifs is 1. The minimum atomic E-state index is -4.45. The van der Waals surface area contributed by atoms with E-state index >= 15 is 0 Å². The molecule has 180 valence electrons. The molecule has 1 aliphatic carbocycles. The molecule has 2 aromatic heterocycles. The van der Waals surface area contributed by atoms with E-state index in [4.69, 9.17) is 9.47 Å². The van der Waals surface area contributed by atoms with Crippen LogP contribution in [0.1, 0.15) is 37.1 Å². The van der Waals surface area contributed by atoms with Crippen LogP contribution in [0, 0.1) is 5.92 Å². The molecule has 0 unspecified atom stereocenters. The van der Waals surface area contributed by atoms with E-state index in [1.165, 1.54) is 0 Å². The van der Waals surface area contributed by atoms with Gasteiger partial charge in [0.05, 0.1) is 24.8 Å². The van der Waals surface area contributed by atoms with Gasteiger partial charge in [0.2, 0.25) is 0 Å². The van der Waals surface area contributed by atoms with E-state index in [9.17, 15) is 13.2 Å². The number of hydrogen-bond donors (Lipinski definition) is 0. The van der Waals surface area contributed by atoms with Crippen LogP contribution in [0.15, 0.2) is 36.9 Å². The van der Waals surface area contributed by atoms with Crippen LogP contribution < -0.4 is 9.64 Å². The predicted octanol–water partition coefficient (Wildman–Crippen LogP) is 4.46. The summed E-state index contributed by atoms with van der Waals surface area (Å²) < 4.78 is 50.7. The molecule has 10 heteroatoms. The molecule has 2 fully saturated rings. The van der Waals surface area contributed by atoms with Crippen molar-refractivity contribution in [3.63, 3.8) is 0 Å². The smallest absolute Gasteiger partial charge is 0.433 e. The van der Waals surface area contributed by atoms with Crippen molar-refractivity contribution in [2.24, 2.45) is 5.92 Å². The average Bonchev–Trinajstić information content (AvgIpc) is 2.85. The van der Waals surface area contributed by atoms with Crippen molar-refractivity contribution in [1.82, 2.24) is 19.9 Å². The summed E-state index contributed by atoms with van der Waals surface area (Å²) in [5.41, 5.74) is 2.12. The summed E-state index contributed by atoms with van der Waals surface area (Å²) in [6.07, 6.45) is 3.81. The van der Waals surface area contributed by atoms with Crippen LogP contribution >= 0.6 is 0 Å². The third kappa shape index (κ3) is 5.22. The highest BCUT2D eigenvalue weighted by molar-refractivity contribution is 5.85. The molecule has 0 radical (unpaired) electrons. The second-order valence-electron chi connectivity index (χ2n) is 8.82. The van der Waals surface area contributed by atoms with Gasteiger partial charge >= 0.3 is 6.18 Å². The third-order valence-electron chi connectivity index (χ3n) is 6.50. The van der Waals surface area contributed by atoms with Crippen LogP contribution in [0.25, 0.3) is 11.0 Å². The van der Waals surface area contributed by atoms with E-state index in [-0.39, 0.29) is 12.0 Å². The molecule has 1 saturated heterocycles. The fourth-order valence-corrected chi connectivity index (χ4v) is 4.72. The van der Waals surface area contributed by atoms with Crippen molar-refractivity contribution in [3.05, 3.63) is 48.3 Å². The molecule has 0 atom stereocenters. The van der Waals surface area contributed by atoms with Gasteiger partial charge in [0, 0.05) is 42.9 Å². The van der Waals surface area contributed by atoms with Crippen LogP contribution in [0.3, 0.4) is 0 Å². The van der Waals surface area contributed by atoms with Gasteiger partial charge in [-0.1, -0.05) is 0 Å². The fourth-order valence-electron chi connectivity index (χ4n) is 4.72. The summed E-state index contributed by atoms with van der Waals surface area (Å²) in [5, 5.41) is 0. The van der Waals surface area contributed by atoms with Gasteiger partial charge < -0.3 is 14.4 Å². The molecule has 2 aliphatic rings. The summed E-state index contributed by atoms with van der Waals surface area (Å²) in [6, 6.07) is 5.13. The quantitative estimate of drug-likeness (QED) is 0.542. The number of aromatic nitrogens is 4. The molecular weight excluding hydrogens is 447 g/mol. The number of hydrogen-bond acceptors (Lipinski definition) is 7. The number of alkyl halides is 3. The molecule has 34 heavy (non-hydrogen) atoms. The highest BCUT2D eigenvalue weighted by Crippen LogP contribution is 2.35. The van der Waals surface area contributed by atoms with E-state index in [2.05, 4.69) is 24.8 Å². The van der Waals surface area contributed by atoms with E-state index < -0.39 is 11.9 Å². The Kier molecular flexibility index (Phi) is 6.49. The second-order valence-corrected chi connectivity index (χ2v) is 8.82. The summed E-state index contributed by atoms with van der Waals surface area (Å²) in [5.74, 6) is 0.994. The third-order valence-corrected chi connectivity index (χ3v) is 6.50. The largest absolute Gasteiger partial charge is 0.488 e. The van der Waals surface area contributed by atoms with E-state index in [0.717, 1.165) is 73.6 Å². The van der Waals surface area contributed by atoms with Gasteiger partial charge in [-0.25, -0.2) is 15.0 Å². The molecule has 0 spiro atoms. The lowest BCUT2D eigenvalue weighted by Crippen LogP contribution is -2.36. The normalized spacial score (nSPS) is 21.6. The summed E-state index contributed by atoms with van der Waals surface area (Å²) in [6.45, 7) is 3.01. The zero-order valence-electron chi connectivity index (χ0n) is 18.7. The molecule has 0 bridgehead atoms. The maximum Gasteiger partial charge on any atom is 0.433 e. The van der Waals surface area contributed by atoms with Gasteiger partial charge in [-0.05, 0) is 50.2 Å². The molecule has 0 amide bonds.